The fourth-order valence-corrected chi connectivity index (χ4v) is 5.71. The standard InChI is InChI=1S/C19H30N2O2S/c1-4-6-15-9-10-16-17(11-15)24-19(23)20(16)12-18(22)21-13(2)7-5-8-14(21)3/h13-15H,4-12H2,1-3H3/t13-,14+,15-/m0/s1. The molecule has 4 nitrogen and oxygen atoms in total. The maximum Gasteiger partial charge on any atom is 0.308 e. The molecule has 1 saturated heterocycles. The lowest BCUT2D eigenvalue weighted by atomic mass is 9.88. The molecule has 0 spiro atoms. The van der Waals surface area contributed by atoms with Crippen molar-refractivity contribution in [2.45, 2.75) is 90.8 Å². The van der Waals surface area contributed by atoms with Crippen molar-refractivity contribution in [2.24, 2.45) is 5.92 Å². The summed E-state index contributed by atoms with van der Waals surface area (Å²) < 4.78 is 1.78. The van der Waals surface area contributed by atoms with E-state index in [1.165, 1.54) is 35.5 Å². The third kappa shape index (κ3) is 3.46. The van der Waals surface area contributed by atoms with Crippen molar-refractivity contribution in [1.82, 2.24) is 9.47 Å². The van der Waals surface area contributed by atoms with Crippen molar-refractivity contribution in [2.75, 3.05) is 0 Å². The summed E-state index contributed by atoms with van der Waals surface area (Å²) in [6, 6.07) is 0.584. The van der Waals surface area contributed by atoms with Crippen molar-refractivity contribution in [3.63, 3.8) is 0 Å². The van der Waals surface area contributed by atoms with E-state index in [0.29, 0.717) is 18.0 Å². The lowest BCUT2D eigenvalue weighted by Crippen LogP contribution is -2.49. The summed E-state index contributed by atoms with van der Waals surface area (Å²) >= 11 is 1.37. The summed E-state index contributed by atoms with van der Waals surface area (Å²) in [4.78, 5) is 28.6. The van der Waals surface area contributed by atoms with Crippen molar-refractivity contribution in [1.29, 1.82) is 0 Å². The van der Waals surface area contributed by atoms with Crippen molar-refractivity contribution in [3.05, 3.63) is 20.2 Å². The molecule has 0 N–H and O–H groups in total. The molecule has 134 valence electrons. The van der Waals surface area contributed by atoms with E-state index in [1.807, 2.05) is 4.90 Å². The Morgan fingerprint density at radius 3 is 2.58 bits per heavy atom. The number of nitrogens with zero attached hydrogens (tertiary/aromatic N) is 2. The highest BCUT2D eigenvalue weighted by molar-refractivity contribution is 7.09. The Morgan fingerprint density at radius 2 is 1.92 bits per heavy atom. The normalized spacial score (nSPS) is 27.1. The largest absolute Gasteiger partial charge is 0.336 e. The van der Waals surface area contributed by atoms with Gasteiger partial charge in [0.25, 0.3) is 0 Å². The van der Waals surface area contributed by atoms with Crippen LogP contribution in [0.5, 0.6) is 0 Å². The molecule has 2 aliphatic rings. The van der Waals surface area contributed by atoms with E-state index in [2.05, 4.69) is 20.8 Å². The molecule has 1 aliphatic carbocycles. The van der Waals surface area contributed by atoms with E-state index in [1.54, 1.807) is 4.57 Å². The molecule has 1 fully saturated rings. The number of thiazole rings is 1. The number of fused-ring (bicyclic) bond motifs is 1. The van der Waals surface area contributed by atoms with Crippen LogP contribution >= 0.6 is 11.3 Å². The number of piperidine rings is 1. The van der Waals surface area contributed by atoms with Crippen LogP contribution in [0.1, 0.15) is 69.9 Å². The topological polar surface area (TPSA) is 42.3 Å². The highest BCUT2D eigenvalue weighted by Gasteiger charge is 2.31. The molecule has 0 aromatic carbocycles. The smallest absolute Gasteiger partial charge is 0.308 e. The van der Waals surface area contributed by atoms with Crippen LogP contribution < -0.4 is 4.87 Å². The summed E-state index contributed by atoms with van der Waals surface area (Å²) in [5, 5.41) is 0. The Hall–Kier alpha value is -1.10. The average molecular weight is 351 g/mol. The van der Waals surface area contributed by atoms with Gasteiger partial charge in [0, 0.05) is 22.7 Å². The second-order valence-corrected chi connectivity index (χ2v) is 8.70. The summed E-state index contributed by atoms with van der Waals surface area (Å²) in [5.74, 6) is 0.833. The summed E-state index contributed by atoms with van der Waals surface area (Å²) in [6.07, 6.45) is 8.93. The molecule has 1 aliphatic heterocycles. The number of hydrogen-bond acceptors (Lipinski definition) is 3. The van der Waals surface area contributed by atoms with Gasteiger partial charge >= 0.3 is 4.87 Å². The molecule has 2 heterocycles. The van der Waals surface area contributed by atoms with Gasteiger partial charge < -0.3 is 4.90 Å². The number of likely N-dealkylation sites (tertiary alicyclic amines) is 1. The summed E-state index contributed by atoms with van der Waals surface area (Å²) in [5.41, 5.74) is 1.14. The van der Waals surface area contributed by atoms with Crippen LogP contribution in [0.3, 0.4) is 0 Å². The van der Waals surface area contributed by atoms with Gasteiger partial charge in [-0.15, -0.1) is 0 Å². The first-order valence-corrected chi connectivity index (χ1v) is 10.4. The maximum absolute atomic E-state index is 12.9. The van der Waals surface area contributed by atoms with Gasteiger partial charge in [-0.2, -0.15) is 0 Å². The van der Waals surface area contributed by atoms with Gasteiger partial charge in [-0.05, 0) is 58.3 Å². The second kappa shape index (κ2) is 7.42. The first-order chi connectivity index (χ1) is 11.5. The van der Waals surface area contributed by atoms with Crippen LogP contribution in [0.4, 0.5) is 0 Å². The molecule has 3 rings (SSSR count). The SMILES string of the molecule is CCC[C@H]1CCc2c(sc(=O)n2CC(=O)N2[C@H](C)CCC[C@@H]2C)C1. The predicted octanol–water partition coefficient (Wildman–Crippen LogP) is 3.60. The Morgan fingerprint density at radius 1 is 1.21 bits per heavy atom. The van der Waals surface area contributed by atoms with Crippen LogP contribution in [0.2, 0.25) is 0 Å². The monoisotopic (exact) mass is 350 g/mol. The van der Waals surface area contributed by atoms with Gasteiger partial charge in [0.2, 0.25) is 5.91 Å². The number of amides is 1. The maximum atomic E-state index is 12.9. The van der Waals surface area contributed by atoms with Crippen molar-refractivity contribution < 1.29 is 4.79 Å². The molecule has 24 heavy (non-hydrogen) atoms. The Kier molecular flexibility index (Phi) is 5.48. The van der Waals surface area contributed by atoms with E-state index in [0.717, 1.165) is 37.8 Å². The van der Waals surface area contributed by atoms with Gasteiger partial charge in [-0.1, -0.05) is 31.1 Å². The first-order valence-electron chi connectivity index (χ1n) is 9.53. The van der Waals surface area contributed by atoms with Gasteiger partial charge in [0.05, 0.1) is 0 Å². The third-order valence-electron chi connectivity index (χ3n) is 5.81. The highest BCUT2D eigenvalue weighted by atomic mass is 32.1. The van der Waals surface area contributed by atoms with Crippen molar-refractivity contribution >= 4 is 17.2 Å². The van der Waals surface area contributed by atoms with Gasteiger partial charge in [0.1, 0.15) is 6.54 Å². The lowest BCUT2D eigenvalue weighted by Gasteiger charge is -2.39. The summed E-state index contributed by atoms with van der Waals surface area (Å²) in [6.45, 7) is 6.73. The minimum atomic E-state index is 0.0582. The molecule has 0 bridgehead atoms. The minimum Gasteiger partial charge on any atom is -0.336 e. The van der Waals surface area contributed by atoms with E-state index < -0.39 is 0 Å². The number of rotatable bonds is 4. The number of carbonyl (C=O) groups is 1. The van der Waals surface area contributed by atoms with E-state index in [-0.39, 0.29) is 17.3 Å². The Bertz CT molecular complexity index is 638. The predicted molar refractivity (Wildman–Crippen MR) is 98.6 cm³/mol. The van der Waals surface area contributed by atoms with Crippen LogP contribution in [-0.2, 0) is 24.2 Å². The van der Waals surface area contributed by atoms with Gasteiger partial charge in [-0.3, -0.25) is 14.2 Å². The number of carbonyl (C=O) groups excluding carboxylic acids is 1. The number of hydrogen-bond donors (Lipinski definition) is 0. The molecule has 5 heteroatoms. The van der Waals surface area contributed by atoms with E-state index in [9.17, 15) is 9.59 Å². The zero-order valence-corrected chi connectivity index (χ0v) is 16.0. The molecule has 1 aromatic heterocycles. The van der Waals surface area contributed by atoms with Crippen LogP contribution in [0.15, 0.2) is 4.79 Å². The lowest BCUT2D eigenvalue weighted by molar-refractivity contribution is -0.138. The zero-order chi connectivity index (χ0) is 17.3. The van der Waals surface area contributed by atoms with Crippen LogP contribution in [-0.4, -0.2) is 27.5 Å². The molecular formula is C19H30N2O2S. The average Bonchev–Trinajstić information content (AvgIpc) is 2.83. The quantitative estimate of drug-likeness (QED) is 0.832. The molecule has 0 saturated carbocycles. The highest BCUT2D eigenvalue weighted by Crippen LogP contribution is 2.30. The first kappa shape index (κ1) is 17.7. The fraction of sp³-hybridized carbons (Fsp3) is 0.789. The molecule has 3 atom stereocenters. The Labute approximate surface area is 148 Å². The fourth-order valence-electron chi connectivity index (χ4n) is 4.56. The van der Waals surface area contributed by atoms with Crippen LogP contribution in [0, 0.1) is 5.92 Å². The Balaban J connectivity index is 1.76. The van der Waals surface area contributed by atoms with E-state index in [4.69, 9.17) is 0 Å². The summed E-state index contributed by atoms with van der Waals surface area (Å²) in [7, 11) is 0. The zero-order valence-electron chi connectivity index (χ0n) is 15.2. The van der Waals surface area contributed by atoms with Gasteiger partial charge in [0.15, 0.2) is 0 Å². The van der Waals surface area contributed by atoms with Crippen molar-refractivity contribution in [3.8, 4) is 0 Å². The minimum absolute atomic E-state index is 0.0582. The molecule has 0 unspecified atom stereocenters. The molecule has 0 radical (unpaired) electrons. The van der Waals surface area contributed by atoms with Crippen LogP contribution in [0.25, 0.3) is 0 Å². The molecule has 1 amide bonds. The molecular weight excluding hydrogens is 320 g/mol. The number of aromatic nitrogens is 1. The third-order valence-corrected chi connectivity index (χ3v) is 6.86. The molecule has 1 aromatic rings. The second-order valence-electron chi connectivity index (χ2n) is 7.65. The van der Waals surface area contributed by atoms with E-state index >= 15 is 0 Å². The van der Waals surface area contributed by atoms with Gasteiger partial charge in [-0.25, -0.2) is 0 Å².